The minimum atomic E-state index is -4.41. The number of hydrogen-bond acceptors (Lipinski definition) is 9. The van der Waals surface area contributed by atoms with Gasteiger partial charge in [0.05, 0.1) is 26.8 Å². The zero-order valence-electron chi connectivity index (χ0n) is 22.6. The molecule has 14 nitrogen and oxygen atoms in total. The SMILES string of the molecule is CC(=O)Nc1ccc(S(=O)(=O)N(CCc2ccc(S(N)(=O)=O)cc2)C2CC(=O)N(c3ccc(S(N)(=O)=O)cc3)C2=O)cc1. The Hall–Kier alpha value is -4.00. The summed E-state index contributed by atoms with van der Waals surface area (Å²) in [5, 5.41) is 12.8. The molecular weight excluding hydrogens is 623 g/mol. The van der Waals surface area contributed by atoms with E-state index in [4.69, 9.17) is 10.3 Å². The molecule has 3 aromatic rings. The van der Waals surface area contributed by atoms with Gasteiger partial charge in [-0.2, -0.15) is 4.31 Å². The zero-order chi connectivity index (χ0) is 31.7. The number of anilines is 2. The van der Waals surface area contributed by atoms with Crippen LogP contribution in [0.3, 0.4) is 0 Å². The highest BCUT2D eigenvalue weighted by atomic mass is 32.2. The molecule has 0 radical (unpaired) electrons. The molecule has 0 bridgehead atoms. The third-order valence-electron chi connectivity index (χ3n) is 6.55. The summed E-state index contributed by atoms with van der Waals surface area (Å²) < 4.78 is 75.1. The van der Waals surface area contributed by atoms with Gasteiger partial charge >= 0.3 is 0 Å². The second kappa shape index (κ2) is 11.9. The van der Waals surface area contributed by atoms with Gasteiger partial charge in [0.15, 0.2) is 0 Å². The Kier molecular flexibility index (Phi) is 8.87. The van der Waals surface area contributed by atoms with Crippen LogP contribution < -0.4 is 20.5 Å². The first-order chi connectivity index (χ1) is 20.0. The third kappa shape index (κ3) is 7.15. The van der Waals surface area contributed by atoms with Crippen LogP contribution in [0.2, 0.25) is 0 Å². The summed E-state index contributed by atoms with van der Waals surface area (Å²) in [5.41, 5.74) is 0.899. The maximum Gasteiger partial charge on any atom is 0.252 e. The lowest BCUT2D eigenvalue weighted by Gasteiger charge is -2.27. The number of carbonyl (C=O) groups is 3. The van der Waals surface area contributed by atoms with Crippen LogP contribution >= 0.6 is 0 Å². The minimum absolute atomic E-state index is 0.0282. The number of imide groups is 1. The Balaban J connectivity index is 1.68. The van der Waals surface area contributed by atoms with Crippen LogP contribution in [0.4, 0.5) is 11.4 Å². The Bertz CT molecular complexity index is 1890. The van der Waals surface area contributed by atoms with Crippen LogP contribution in [0.25, 0.3) is 0 Å². The van der Waals surface area contributed by atoms with Crippen LogP contribution in [0.5, 0.6) is 0 Å². The molecule has 3 amide bonds. The molecule has 1 aliphatic rings. The van der Waals surface area contributed by atoms with E-state index in [1.165, 1.54) is 67.6 Å². The summed E-state index contributed by atoms with van der Waals surface area (Å²) in [6.45, 7) is 1.02. The maximum atomic E-state index is 13.9. The van der Waals surface area contributed by atoms with Crippen molar-refractivity contribution >= 4 is 59.2 Å². The van der Waals surface area contributed by atoms with Gasteiger partial charge in [0.1, 0.15) is 6.04 Å². The van der Waals surface area contributed by atoms with E-state index in [0.717, 1.165) is 21.3 Å². The van der Waals surface area contributed by atoms with E-state index in [1.54, 1.807) is 0 Å². The van der Waals surface area contributed by atoms with Gasteiger partial charge in [-0.05, 0) is 72.6 Å². The minimum Gasteiger partial charge on any atom is -0.326 e. The molecule has 0 spiro atoms. The van der Waals surface area contributed by atoms with Crippen molar-refractivity contribution in [1.29, 1.82) is 0 Å². The van der Waals surface area contributed by atoms with Gasteiger partial charge in [-0.1, -0.05) is 12.1 Å². The molecule has 0 aromatic heterocycles. The van der Waals surface area contributed by atoms with Crippen LogP contribution in [-0.4, -0.2) is 59.9 Å². The van der Waals surface area contributed by atoms with Crippen LogP contribution in [0.15, 0.2) is 87.5 Å². The second-order valence-electron chi connectivity index (χ2n) is 9.59. The molecule has 1 saturated heterocycles. The fourth-order valence-corrected chi connectivity index (χ4v) is 7.09. The fraction of sp³-hybridized carbons (Fsp3) is 0.192. The third-order valence-corrected chi connectivity index (χ3v) is 10.3. The predicted molar refractivity (Wildman–Crippen MR) is 155 cm³/mol. The molecule has 1 fully saturated rings. The van der Waals surface area contributed by atoms with Gasteiger partial charge in [0.2, 0.25) is 41.9 Å². The zero-order valence-corrected chi connectivity index (χ0v) is 25.0. The monoisotopic (exact) mass is 649 g/mol. The van der Waals surface area contributed by atoms with Gasteiger partial charge in [-0.25, -0.2) is 40.4 Å². The fourth-order valence-electron chi connectivity index (χ4n) is 4.47. The number of carbonyl (C=O) groups excluding carboxylic acids is 3. The van der Waals surface area contributed by atoms with Crippen molar-refractivity contribution in [2.45, 2.75) is 40.5 Å². The van der Waals surface area contributed by atoms with Gasteiger partial charge in [0, 0.05) is 19.2 Å². The van der Waals surface area contributed by atoms with E-state index >= 15 is 0 Å². The summed E-state index contributed by atoms with van der Waals surface area (Å²) in [4.78, 5) is 38.2. The van der Waals surface area contributed by atoms with Gasteiger partial charge in [-0.3, -0.25) is 14.4 Å². The lowest BCUT2D eigenvalue weighted by atomic mass is 10.1. The van der Waals surface area contributed by atoms with E-state index in [0.29, 0.717) is 11.3 Å². The number of sulfonamides is 3. The molecule has 228 valence electrons. The van der Waals surface area contributed by atoms with Gasteiger partial charge < -0.3 is 5.32 Å². The molecule has 4 rings (SSSR count). The van der Waals surface area contributed by atoms with E-state index in [2.05, 4.69) is 5.32 Å². The summed E-state index contributed by atoms with van der Waals surface area (Å²) in [7, 11) is -12.4. The summed E-state index contributed by atoms with van der Waals surface area (Å²) >= 11 is 0. The number of rotatable bonds is 10. The molecule has 17 heteroatoms. The average Bonchev–Trinajstić information content (AvgIpc) is 3.21. The smallest absolute Gasteiger partial charge is 0.252 e. The lowest BCUT2D eigenvalue weighted by Crippen LogP contribution is -2.46. The van der Waals surface area contributed by atoms with Crippen LogP contribution in [0.1, 0.15) is 18.9 Å². The van der Waals surface area contributed by atoms with E-state index in [9.17, 15) is 39.6 Å². The Morgan fingerprint density at radius 3 is 1.79 bits per heavy atom. The average molecular weight is 650 g/mol. The lowest BCUT2D eigenvalue weighted by molar-refractivity contribution is -0.122. The van der Waals surface area contributed by atoms with Gasteiger partial charge in [-0.15, -0.1) is 0 Å². The first kappa shape index (κ1) is 31.9. The highest BCUT2D eigenvalue weighted by Crippen LogP contribution is 2.30. The molecular formula is C26H27N5O9S3. The molecule has 1 heterocycles. The molecule has 3 aromatic carbocycles. The van der Waals surface area contributed by atoms with Crippen molar-refractivity contribution in [2.75, 3.05) is 16.8 Å². The standard InChI is InChI=1S/C26H27N5O9S3/c1-17(32)29-19-4-10-23(11-5-19)43(39,40)30(15-14-18-2-8-21(9-3-18)41(27,35)36)24-16-25(33)31(26(24)34)20-6-12-22(13-7-20)42(28,37)38/h2-13,24H,14-16H2,1H3,(H,29,32)(H2,27,35,36)(H2,28,37,38). The normalized spacial score (nSPS) is 16.1. The molecule has 43 heavy (non-hydrogen) atoms. The number of nitrogens with zero attached hydrogens (tertiary/aromatic N) is 2. The highest BCUT2D eigenvalue weighted by molar-refractivity contribution is 7.89. The largest absolute Gasteiger partial charge is 0.326 e. The number of amides is 3. The van der Waals surface area contributed by atoms with E-state index < -0.39 is 54.3 Å². The van der Waals surface area contributed by atoms with Crippen molar-refractivity contribution in [2.24, 2.45) is 10.3 Å². The van der Waals surface area contributed by atoms with Crippen molar-refractivity contribution in [3.05, 3.63) is 78.4 Å². The first-order valence-corrected chi connectivity index (χ1v) is 17.0. The quantitative estimate of drug-likeness (QED) is 0.260. The Morgan fingerprint density at radius 2 is 1.30 bits per heavy atom. The van der Waals surface area contributed by atoms with Crippen molar-refractivity contribution in [1.82, 2.24) is 4.31 Å². The highest BCUT2D eigenvalue weighted by Gasteiger charge is 2.46. The second-order valence-corrected chi connectivity index (χ2v) is 14.6. The van der Waals surface area contributed by atoms with Crippen LogP contribution in [-0.2, 0) is 50.9 Å². The molecule has 1 aliphatic heterocycles. The number of nitrogens with two attached hydrogens (primary N) is 2. The Morgan fingerprint density at radius 1 is 0.814 bits per heavy atom. The molecule has 0 aliphatic carbocycles. The first-order valence-electron chi connectivity index (χ1n) is 12.5. The number of benzene rings is 3. The molecule has 1 unspecified atom stereocenters. The molecule has 5 N–H and O–H groups in total. The summed E-state index contributed by atoms with van der Waals surface area (Å²) in [6.07, 6.45) is -0.460. The number of hydrogen-bond donors (Lipinski definition) is 3. The van der Waals surface area contributed by atoms with E-state index in [1.807, 2.05) is 0 Å². The molecule has 1 atom stereocenters. The number of primary sulfonamides is 2. The molecule has 0 saturated carbocycles. The van der Waals surface area contributed by atoms with Crippen molar-refractivity contribution in [3.63, 3.8) is 0 Å². The summed E-state index contributed by atoms with van der Waals surface area (Å²) in [5.74, 6) is -1.92. The van der Waals surface area contributed by atoms with Crippen molar-refractivity contribution in [3.8, 4) is 0 Å². The van der Waals surface area contributed by atoms with Crippen molar-refractivity contribution < 1.29 is 39.6 Å². The van der Waals surface area contributed by atoms with Crippen LogP contribution in [0, 0.1) is 0 Å². The summed E-state index contributed by atoms with van der Waals surface area (Å²) in [6, 6.07) is 13.9. The number of nitrogens with one attached hydrogen (secondary N) is 1. The predicted octanol–water partition coefficient (Wildman–Crippen LogP) is 0.505. The van der Waals surface area contributed by atoms with Gasteiger partial charge in [0.25, 0.3) is 5.91 Å². The topological polar surface area (TPSA) is 224 Å². The maximum absolute atomic E-state index is 13.9. The Labute approximate surface area is 248 Å². The van der Waals surface area contributed by atoms with E-state index in [-0.39, 0.29) is 39.2 Å².